The van der Waals surface area contributed by atoms with Gasteiger partial charge in [0.15, 0.2) is 0 Å². The molecule has 8 nitrogen and oxygen atoms in total. The molecule has 0 saturated heterocycles. The lowest BCUT2D eigenvalue weighted by molar-refractivity contribution is -0.140. The highest BCUT2D eigenvalue weighted by Crippen LogP contribution is 2.22. The van der Waals surface area contributed by atoms with Crippen molar-refractivity contribution in [3.63, 3.8) is 0 Å². The largest absolute Gasteiger partial charge is 0.395 e. The van der Waals surface area contributed by atoms with Gasteiger partial charge in [-0.15, -0.1) is 0 Å². The molecule has 1 aliphatic carbocycles. The predicted octanol–water partition coefficient (Wildman–Crippen LogP) is 1.72. The highest BCUT2D eigenvalue weighted by Gasteiger charge is 2.28. The summed E-state index contributed by atoms with van der Waals surface area (Å²) < 4.78 is 40.5. The third kappa shape index (κ3) is 7.34. The second kappa shape index (κ2) is 11.5. The maximum atomic E-state index is 13.3. The zero-order valence-corrected chi connectivity index (χ0v) is 19.9. The Morgan fingerprint density at radius 3 is 2.29 bits per heavy atom. The van der Waals surface area contributed by atoms with Crippen LogP contribution < -0.4 is 10.0 Å². The number of hydrogen-bond acceptors (Lipinski definition) is 5. The normalized spacial score (nSPS) is 14.4. The first kappa shape index (κ1) is 25.8. The molecule has 34 heavy (non-hydrogen) atoms. The Kier molecular flexibility index (Phi) is 8.76. The number of halogens is 1. The first-order valence-corrected chi connectivity index (χ1v) is 12.7. The Morgan fingerprint density at radius 2 is 1.71 bits per heavy atom. The molecule has 3 N–H and O–H groups in total. The van der Waals surface area contributed by atoms with Crippen LogP contribution in [-0.2, 0) is 32.6 Å². The van der Waals surface area contributed by atoms with E-state index in [1.807, 2.05) is 0 Å². The lowest BCUT2D eigenvalue weighted by atomic mass is 10.1. The summed E-state index contributed by atoms with van der Waals surface area (Å²) in [7, 11) is -3.54. The first-order chi connectivity index (χ1) is 16.2. The Morgan fingerprint density at radius 1 is 1.09 bits per heavy atom. The van der Waals surface area contributed by atoms with E-state index in [0.29, 0.717) is 12.0 Å². The quantitative estimate of drug-likeness (QED) is 0.418. The van der Waals surface area contributed by atoms with Gasteiger partial charge in [0.25, 0.3) is 0 Å². The van der Waals surface area contributed by atoms with Crippen LogP contribution in [0.1, 0.15) is 37.3 Å². The SMILES string of the molecule is C[C@H](C(=O)NCCO)N(Cc1ccc(F)cc1)C(=O)CCc1ccc(S(=O)(=O)NC2CC2)cc1. The summed E-state index contributed by atoms with van der Waals surface area (Å²) in [5.74, 6) is -1.07. The van der Waals surface area contributed by atoms with Gasteiger partial charge in [0.2, 0.25) is 21.8 Å². The molecule has 3 rings (SSSR count). The number of nitrogens with one attached hydrogen (secondary N) is 2. The molecule has 2 amide bonds. The van der Waals surface area contributed by atoms with Gasteiger partial charge in [-0.3, -0.25) is 9.59 Å². The summed E-state index contributed by atoms with van der Waals surface area (Å²) in [5.41, 5.74) is 1.46. The van der Waals surface area contributed by atoms with Gasteiger partial charge in [-0.05, 0) is 61.6 Å². The summed E-state index contributed by atoms with van der Waals surface area (Å²) in [5, 5.41) is 11.5. The number of carbonyl (C=O) groups is 2. The van der Waals surface area contributed by atoms with Crippen LogP contribution in [0.15, 0.2) is 53.4 Å². The van der Waals surface area contributed by atoms with E-state index in [0.717, 1.165) is 18.4 Å². The minimum Gasteiger partial charge on any atom is -0.395 e. The van der Waals surface area contributed by atoms with Crippen molar-refractivity contribution in [2.24, 2.45) is 0 Å². The molecule has 0 spiro atoms. The van der Waals surface area contributed by atoms with Gasteiger partial charge in [-0.25, -0.2) is 17.5 Å². The summed E-state index contributed by atoms with van der Waals surface area (Å²) in [6.45, 7) is 1.58. The van der Waals surface area contributed by atoms with Crippen molar-refractivity contribution < 1.29 is 27.5 Å². The van der Waals surface area contributed by atoms with Crippen LogP contribution in [-0.4, -0.2) is 55.5 Å². The minimum atomic E-state index is -3.54. The van der Waals surface area contributed by atoms with Crippen molar-refractivity contribution in [3.05, 3.63) is 65.5 Å². The molecular formula is C24H30FN3O5S. The van der Waals surface area contributed by atoms with Crippen LogP contribution in [0.2, 0.25) is 0 Å². The Hall–Kier alpha value is -2.82. The lowest BCUT2D eigenvalue weighted by Crippen LogP contribution is -2.48. The van der Waals surface area contributed by atoms with E-state index in [-0.39, 0.29) is 43.0 Å². The van der Waals surface area contributed by atoms with Crippen molar-refractivity contribution in [2.75, 3.05) is 13.2 Å². The lowest BCUT2D eigenvalue weighted by Gasteiger charge is -2.29. The number of nitrogens with zero attached hydrogens (tertiary/aromatic N) is 1. The number of hydrogen-bond donors (Lipinski definition) is 3. The van der Waals surface area contributed by atoms with Crippen molar-refractivity contribution >= 4 is 21.8 Å². The van der Waals surface area contributed by atoms with Crippen molar-refractivity contribution in [3.8, 4) is 0 Å². The van der Waals surface area contributed by atoms with Gasteiger partial charge in [0, 0.05) is 25.6 Å². The molecule has 1 aliphatic rings. The molecule has 0 aliphatic heterocycles. The number of sulfonamides is 1. The highest BCUT2D eigenvalue weighted by atomic mass is 32.2. The van der Waals surface area contributed by atoms with Crippen LogP contribution in [0.4, 0.5) is 4.39 Å². The molecule has 1 fully saturated rings. The topological polar surface area (TPSA) is 116 Å². The minimum absolute atomic E-state index is 0.0194. The number of aryl methyl sites for hydroxylation is 1. The van der Waals surface area contributed by atoms with Crippen molar-refractivity contribution in [1.29, 1.82) is 0 Å². The van der Waals surface area contributed by atoms with Gasteiger partial charge in [-0.2, -0.15) is 0 Å². The highest BCUT2D eigenvalue weighted by molar-refractivity contribution is 7.89. The van der Waals surface area contributed by atoms with Gasteiger partial charge in [-0.1, -0.05) is 24.3 Å². The van der Waals surface area contributed by atoms with Crippen LogP contribution in [0.5, 0.6) is 0 Å². The van der Waals surface area contributed by atoms with E-state index in [1.54, 1.807) is 31.2 Å². The molecule has 0 heterocycles. The average molecular weight is 492 g/mol. The molecule has 0 radical (unpaired) electrons. The van der Waals surface area contributed by atoms with Gasteiger partial charge >= 0.3 is 0 Å². The van der Waals surface area contributed by atoms with E-state index in [9.17, 15) is 22.4 Å². The zero-order chi connectivity index (χ0) is 24.7. The smallest absolute Gasteiger partial charge is 0.242 e. The first-order valence-electron chi connectivity index (χ1n) is 11.2. The monoisotopic (exact) mass is 491 g/mol. The maximum absolute atomic E-state index is 13.3. The van der Waals surface area contributed by atoms with Crippen LogP contribution in [0.25, 0.3) is 0 Å². The number of aliphatic hydroxyl groups excluding tert-OH is 1. The molecule has 184 valence electrons. The maximum Gasteiger partial charge on any atom is 0.242 e. The number of aliphatic hydroxyl groups is 1. The Bertz CT molecular complexity index is 1090. The van der Waals surface area contributed by atoms with Crippen molar-refractivity contribution in [2.45, 2.75) is 56.1 Å². The number of benzene rings is 2. The number of carbonyl (C=O) groups excluding carboxylic acids is 2. The molecule has 0 aromatic heterocycles. The fourth-order valence-electron chi connectivity index (χ4n) is 3.41. The Balaban J connectivity index is 1.66. The third-order valence-electron chi connectivity index (χ3n) is 5.60. The molecule has 10 heteroatoms. The molecule has 1 saturated carbocycles. The summed E-state index contributed by atoms with van der Waals surface area (Å²) in [6.07, 6.45) is 2.17. The van der Waals surface area contributed by atoms with Gasteiger partial charge in [0.1, 0.15) is 11.9 Å². The summed E-state index contributed by atoms with van der Waals surface area (Å²) in [4.78, 5) is 27.1. The molecule has 2 aromatic rings. The van der Waals surface area contributed by atoms with E-state index in [4.69, 9.17) is 5.11 Å². The summed E-state index contributed by atoms with van der Waals surface area (Å²) >= 11 is 0. The zero-order valence-electron chi connectivity index (χ0n) is 19.0. The summed E-state index contributed by atoms with van der Waals surface area (Å²) in [6, 6.07) is 11.3. The van der Waals surface area contributed by atoms with Gasteiger partial charge in [0.05, 0.1) is 11.5 Å². The van der Waals surface area contributed by atoms with E-state index in [1.165, 1.54) is 29.2 Å². The fourth-order valence-corrected chi connectivity index (χ4v) is 4.72. The molecule has 0 bridgehead atoms. The molecule has 0 unspecified atom stereocenters. The second-order valence-corrected chi connectivity index (χ2v) is 10.1. The van der Waals surface area contributed by atoms with Crippen LogP contribution in [0, 0.1) is 5.82 Å². The Labute approximate surface area is 199 Å². The molecule has 2 aromatic carbocycles. The van der Waals surface area contributed by atoms with E-state index < -0.39 is 27.8 Å². The van der Waals surface area contributed by atoms with E-state index >= 15 is 0 Å². The van der Waals surface area contributed by atoms with Crippen molar-refractivity contribution in [1.82, 2.24) is 14.9 Å². The second-order valence-electron chi connectivity index (χ2n) is 8.38. The third-order valence-corrected chi connectivity index (χ3v) is 7.14. The van der Waals surface area contributed by atoms with Crippen LogP contribution >= 0.6 is 0 Å². The van der Waals surface area contributed by atoms with Gasteiger partial charge < -0.3 is 15.3 Å². The standard InChI is InChI=1S/C24H30FN3O5S/c1-17(24(31)26-14-15-29)28(16-19-2-7-20(25)8-3-19)23(30)13-6-18-4-11-22(12-5-18)34(32,33)27-21-9-10-21/h2-5,7-8,11-12,17,21,27,29H,6,9-10,13-16H2,1H3,(H,26,31)/t17-/m1/s1. The average Bonchev–Trinajstić information content (AvgIpc) is 3.63. The number of rotatable bonds is 12. The molecule has 1 atom stereocenters. The molecular weight excluding hydrogens is 461 g/mol. The van der Waals surface area contributed by atoms with E-state index in [2.05, 4.69) is 10.0 Å². The predicted molar refractivity (Wildman–Crippen MR) is 125 cm³/mol. The van der Waals surface area contributed by atoms with Crippen LogP contribution in [0.3, 0.4) is 0 Å². The fraction of sp³-hybridized carbons (Fsp3) is 0.417. The number of amides is 2.